The number of benzene rings is 2. The number of hydrazone groups is 1. The number of carbonyl (C=O) groups is 2. The van der Waals surface area contributed by atoms with E-state index in [0.717, 1.165) is 11.0 Å². The van der Waals surface area contributed by atoms with Gasteiger partial charge in [-0.15, -0.1) is 0 Å². The fraction of sp³-hybridized carbons (Fsp3) is 0.160. The Hall–Kier alpha value is -4.77. The summed E-state index contributed by atoms with van der Waals surface area (Å²) in [5.74, 6) is -0.432. The minimum Gasteiger partial charge on any atom is -0.382 e. The Kier molecular flexibility index (Phi) is 6.93. The number of nitrogens with one attached hydrogen (secondary N) is 4. The summed E-state index contributed by atoms with van der Waals surface area (Å²) in [6, 6.07) is 14.6. The van der Waals surface area contributed by atoms with Crippen LogP contribution in [0.25, 0.3) is 16.7 Å². The van der Waals surface area contributed by atoms with Crippen molar-refractivity contribution in [2.24, 2.45) is 17.9 Å². The third-order valence-corrected chi connectivity index (χ3v) is 5.43. The Labute approximate surface area is 207 Å². The molecule has 0 saturated carbocycles. The second kappa shape index (κ2) is 10.2. The van der Waals surface area contributed by atoms with Gasteiger partial charge in [0.1, 0.15) is 5.71 Å². The first kappa shape index (κ1) is 24.4. The average molecular weight is 486 g/mol. The summed E-state index contributed by atoms with van der Waals surface area (Å²) in [6.07, 6.45) is 3.27. The number of fused-ring (bicyclic) bond motifs is 1. The van der Waals surface area contributed by atoms with E-state index >= 15 is 0 Å². The van der Waals surface area contributed by atoms with E-state index in [1.807, 2.05) is 54.9 Å². The maximum absolute atomic E-state index is 12.2. The standard InChI is InChI=1S/C25H27N9O2/c1-33(2)14-6-9-19(35)28-15-10-12-16(13-11-15)29-22(20-21(26)25(36)32-31-23(20)27)24-30-17-7-4-5-8-18(17)34(24)3/h4-13,26,29H,14H2,1-3H3,(H2,27,31)(H,28,35)(H,32,36)/b9-6+,22-20+,26-21?. The fourth-order valence-corrected chi connectivity index (χ4v) is 3.65. The lowest BCUT2D eigenvalue weighted by molar-refractivity contribution is -0.115. The number of aryl methyl sites for hydroxylation is 1. The summed E-state index contributed by atoms with van der Waals surface area (Å²) in [7, 11) is 5.69. The van der Waals surface area contributed by atoms with Crippen LogP contribution in [0, 0.1) is 5.41 Å². The lowest BCUT2D eigenvalue weighted by atomic mass is 10.0. The number of carbonyl (C=O) groups excluding carboxylic acids is 2. The number of likely N-dealkylation sites (N-methyl/N-ethyl adjacent to an activating group) is 1. The molecule has 0 fully saturated rings. The largest absolute Gasteiger partial charge is 0.382 e. The molecule has 11 heteroatoms. The van der Waals surface area contributed by atoms with Gasteiger partial charge in [-0.3, -0.25) is 15.0 Å². The number of para-hydroxylation sites is 2. The van der Waals surface area contributed by atoms with Gasteiger partial charge in [0.25, 0.3) is 5.91 Å². The zero-order chi connectivity index (χ0) is 25.8. The summed E-state index contributed by atoms with van der Waals surface area (Å²) in [5, 5.41) is 18.3. The predicted octanol–water partition coefficient (Wildman–Crippen LogP) is 1.87. The summed E-state index contributed by atoms with van der Waals surface area (Å²) in [4.78, 5) is 31.0. The Balaban J connectivity index is 1.68. The second-order valence-electron chi connectivity index (χ2n) is 8.40. The smallest absolute Gasteiger partial charge is 0.290 e. The van der Waals surface area contributed by atoms with E-state index < -0.39 is 5.91 Å². The van der Waals surface area contributed by atoms with Crippen LogP contribution in [0.2, 0.25) is 0 Å². The van der Waals surface area contributed by atoms with Gasteiger partial charge in [-0.2, -0.15) is 5.10 Å². The lowest BCUT2D eigenvalue weighted by Gasteiger charge is -2.20. The third kappa shape index (κ3) is 5.15. The molecule has 4 rings (SSSR count). The van der Waals surface area contributed by atoms with E-state index in [0.29, 0.717) is 29.4 Å². The number of anilines is 2. The highest BCUT2D eigenvalue weighted by Crippen LogP contribution is 2.27. The quantitative estimate of drug-likeness (QED) is 0.322. The maximum Gasteiger partial charge on any atom is 0.290 e. The van der Waals surface area contributed by atoms with Gasteiger partial charge in [-0.1, -0.05) is 18.2 Å². The molecule has 0 saturated heterocycles. The number of aromatic nitrogens is 2. The van der Waals surface area contributed by atoms with Gasteiger partial charge >= 0.3 is 0 Å². The summed E-state index contributed by atoms with van der Waals surface area (Å²) in [6.45, 7) is 0.662. The van der Waals surface area contributed by atoms with Crippen LogP contribution in [0.1, 0.15) is 5.82 Å². The van der Waals surface area contributed by atoms with E-state index in [2.05, 4.69) is 21.2 Å². The topological polar surface area (TPSA) is 154 Å². The molecule has 36 heavy (non-hydrogen) atoms. The molecule has 11 nitrogen and oxygen atoms in total. The molecule has 6 N–H and O–H groups in total. The molecule has 0 atom stereocenters. The van der Waals surface area contributed by atoms with Gasteiger partial charge in [0, 0.05) is 31.0 Å². The fourth-order valence-electron chi connectivity index (χ4n) is 3.65. The maximum atomic E-state index is 12.2. The van der Waals surface area contributed by atoms with Crippen LogP contribution in [0.15, 0.2) is 71.4 Å². The molecule has 1 aliphatic heterocycles. The van der Waals surface area contributed by atoms with Crippen LogP contribution in [0.3, 0.4) is 0 Å². The monoisotopic (exact) mass is 485 g/mol. The lowest BCUT2D eigenvalue weighted by Crippen LogP contribution is -2.41. The first-order valence-corrected chi connectivity index (χ1v) is 11.1. The summed E-state index contributed by atoms with van der Waals surface area (Å²) in [5.41, 5.74) is 11.4. The molecule has 3 aromatic rings. The SMILES string of the molecule is CN(C)C/C=C/C(=O)Nc1ccc(N/C(=C2\C(=N)C(=O)NN=C2N)c2nc3ccccc3n2C)cc1. The van der Waals surface area contributed by atoms with E-state index in [4.69, 9.17) is 16.1 Å². The highest BCUT2D eigenvalue weighted by atomic mass is 16.2. The average Bonchev–Trinajstić information content (AvgIpc) is 3.18. The van der Waals surface area contributed by atoms with Crippen molar-refractivity contribution in [2.75, 3.05) is 31.3 Å². The second-order valence-corrected chi connectivity index (χ2v) is 8.40. The van der Waals surface area contributed by atoms with Crippen molar-refractivity contribution in [1.82, 2.24) is 19.9 Å². The number of nitrogens with two attached hydrogens (primary N) is 1. The van der Waals surface area contributed by atoms with Crippen molar-refractivity contribution < 1.29 is 9.59 Å². The van der Waals surface area contributed by atoms with Gasteiger partial charge in [0.15, 0.2) is 11.7 Å². The highest BCUT2D eigenvalue weighted by Gasteiger charge is 2.29. The number of amides is 2. The van der Waals surface area contributed by atoms with Crippen LogP contribution in [0.4, 0.5) is 11.4 Å². The Morgan fingerprint density at radius 3 is 2.47 bits per heavy atom. The number of imidazole rings is 1. The van der Waals surface area contributed by atoms with E-state index in [1.54, 1.807) is 30.3 Å². The van der Waals surface area contributed by atoms with Crippen molar-refractivity contribution in [3.8, 4) is 0 Å². The minimum atomic E-state index is -0.669. The van der Waals surface area contributed by atoms with Crippen LogP contribution >= 0.6 is 0 Å². The zero-order valence-corrected chi connectivity index (χ0v) is 20.2. The molecular formula is C25H27N9O2. The van der Waals surface area contributed by atoms with Crippen molar-refractivity contribution in [3.05, 3.63) is 72.1 Å². The first-order valence-electron chi connectivity index (χ1n) is 11.1. The minimum absolute atomic E-state index is 0.0115. The molecule has 0 radical (unpaired) electrons. The summed E-state index contributed by atoms with van der Waals surface area (Å²) < 4.78 is 1.85. The van der Waals surface area contributed by atoms with Crippen molar-refractivity contribution in [2.45, 2.75) is 0 Å². The van der Waals surface area contributed by atoms with Crippen LogP contribution < -0.4 is 21.8 Å². The normalized spacial score (nSPS) is 15.3. The molecule has 2 aromatic carbocycles. The van der Waals surface area contributed by atoms with E-state index in [1.165, 1.54) is 6.08 Å². The number of nitrogens with zero attached hydrogens (tertiary/aromatic N) is 4. The Morgan fingerprint density at radius 1 is 1.14 bits per heavy atom. The third-order valence-electron chi connectivity index (χ3n) is 5.43. The Morgan fingerprint density at radius 2 is 1.81 bits per heavy atom. The van der Waals surface area contributed by atoms with Gasteiger partial charge in [0.05, 0.1) is 22.3 Å². The number of hydrogen-bond acceptors (Lipinski definition) is 8. The predicted molar refractivity (Wildman–Crippen MR) is 142 cm³/mol. The number of rotatable bonds is 7. The zero-order valence-electron chi connectivity index (χ0n) is 20.2. The molecule has 0 aliphatic carbocycles. The van der Waals surface area contributed by atoms with Crippen LogP contribution in [0.5, 0.6) is 0 Å². The van der Waals surface area contributed by atoms with Gasteiger partial charge in [-0.25, -0.2) is 10.4 Å². The molecule has 1 aliphatic rings. The first-order chi connectivity index (χ1) is 17.2. The molecule has 2 heterocycles. The molecule has 2 amide bonds. The molecule has 184 valence electrons. The van der Waals surface area contributed by atoms with E-state index in [-0.39, 0.29) is 23.0 Å². The highest BCUT2D eigenvalue weighted by molar-refractivity contribution is 6.53. The van der Waals surface area contributed by atoms with E-state index in [9.17, 15) is 9.59 Å². The van der Waals surface area contributed by atoms with Gasteiger partial charge in [-0.05, 0) is 50.5 Å². The molecule has 0 unspecified atom stereocenters. The van der Waals surface area contributed by atoms with Crippen molar-refractivity contribution in [1.29, 1.82) is 5.41 Å². The van der Waals surface area contributed by atoms with Crippen LogP contribution in [-0.2, 0) is 16.6 Å². The van der Waals surface area contributed by atoms with Gasteiger partial charge < -0.3 is 25.8 Å². The number of hydrogen-bond donors (Lipinski definition) is 5. The van der Waals surface area contributed by atoms with Gasteiger partial charge in [0.2, 0.25) is 5.91 Å². The molecule has 0 spiro atoms. The molecular weight excluding hydrogens is 458 g/mol. The molecule has 1 aromatic heterocycles. The van der Waals surface area contributed by atoms with Crippen molar-refractivity contribution >= 4 is 51.5 Å². The Bertz CT molecular complexity index is 1430. The number of amidine groups is 1. The van der Waals surface area contributed by atoms with Crippen molar-refractivity contribution in [3.63, 3.8) is 0 Å². The summed E-state index contributed by atoms with van der Waals surface area (Å²) >= 11 is 0. The molecule has 0 bridgehead atoms. The van der Waals surface area contributed by atoms with Crippen LogP contribution in [-0.4, -0.2) is 58.5 Å².